The minimum atomic E-state index is -1.48. The Morgan fingerprint density at radius 1 is 0.939 bits per heavy atom. The molecular formula is C25H30N2O6. The third-order valence-electron chi connectivity index (χ3n) is 5.71. The summed E-state index contributed by atoms with van der Waals surface area (Å²) in [6, 6.07) is 13.5. The molecule has 33 heavy (non-hydrogen) atoms. The predicted molar refractivity (Wildman–Crippen MR) is 123 cm³/mol. The van der Waals surface area contributed by atoms with Crippen LogP contribution in [0.15, 0.2) is 48.5 Å². The van der Waals surface area contributed by atoms with Gasteiger partial charge in [-0.1, -0.05) is 62.4 Å². The highest BCUT2D eigenvalue weighted by molar-refractivity contribution is 5.89. The Labute approximate surface area is 193 Å². The molecule has 0 aliphatic heterocycles. The summed E-state index contributed by atoms with van der Waals surface area (Å²) in [6.45, 7) is 5.13. The summed E-state index contributed by atoms with van der Waals surface area (Å²) in [7, 11) is 0. The SMILES string of the molecule is CC(C)C[C@H](NC(=O)OCC1c2ccccc2-c2ccccc21)C(=O)NC(C(=O)O)C(C)O. The monoisotopic (exact) mass is 454 g/mol. The van der Waals surface area contributed by atoms with E-state index in [1.54, 1.807) is 0 Å². The van der Waals surface area contributed by atoms with E-state index in [0.29, 0.717) is 0 Å². The smallest absolute Gasteiger partial charge is 0.407 e. The Kier molecular flexibility index (Phi) is 7.71. The molecule has 3 atom stereocenters. The quantitative estimate of drug-likeness (QED) is 0.462. The molecule has 2 aromatic carbocycles. The van der Waals surface area contributed by atoms with Crippen LogP contribution in [-0.4, -0.2) is 53.0 Å². The number of alkyl carbamates (subject to hydrolysis) is 1. The Morgan fingerprint density at radius 3 is 1.97 bits per heavy atom. The number of aliphatic carboxylic acids is 1. The average Bonchev–Trinajstić information content (AvgIpc) is 3.08. The fraction of sp³-hybridized carbons (Fsp3) is 0.400. The lowest BCUT2D eigenvalue weighted by Gasteiger charge is -2.24. The van der Waals surface area contributed by atoms with E-state index in [0.717, 1.165) is 22.3 Å². The van der Waals surface area contributed by atoms with Gasteiger partial charge in [0.05, 0.1) is 6.10 Å². The number of benzene rings is 2. The van der Waals surface area contributed by atoms with Crippen LogP contribution in [0.4, 0.5) is 4.79 Å². The van der Waals surface area contributed by atoms with Crippen LogP contribution in [0.5, 0.6) is 0 Å². The van der Waals surface area contributed by atoms with E-state index in [9.17, 15) is 24.6 Å². The van der Waals surface area contributed by atoms with Gasteiger partial charge in [0.15, 0.2) is 6.04 Å². The predicted octanol–water partition coefficient (Wildman–Crippen LogP) is 2.89. The molecule has 0 bridgehead atoms. The summed E-state index contributed by atoms with van der Waals surface area (Å²) in [5.74, 6) is -2.12. The highest BCUT2D eigenvalue weighted by atomic mass is 16.5. The van der Waals surface area contributed by atoms with E-state index in [1.165, 1.54) is 6.92 Å². The molecule has 0 fully saturated rings. The maximum atomic E-state index is 12.7. The Hall–Kier alpha value is -3.39. The van der Waals surface area contributed by atoms with Crippen molar-refractivity contribution in [1.82, 2.24) is 10.6 Å². The number of amides is 2. The van der Waals surface area contributed by atoms with Gasteiger partial charge in [0.25, 0.3) is 0 Å². The van der Waals surface area contributed by atoms with Crippen LogP contribution in [0.1, 0.15) is 44.2 Å². The second kappa shape index (κ2) is 10.5. The van der Waals surface area contributed by atoms with Crippen molar-refractivity contribution in [3.63, 3.8) is 0 Å². The topological polar surface area (TPSA) is 125 Å². The zero-order valence-electron chi connectivity index (χ0n) is 18.9. The number of aliphatic hydroxyl groups excluding tert-OH is 1. The molecule has 176 valence electrons. The molecule has 2 unspecified atom stereocenters. The van der Waals surface area contributed by atoms with Crippen LogP contribution >= 0.6 is 0 Å². The lowest BCUT2D eigenvalue weighted by atomic mass is 9.98. The molecule has 0 radical (unpaired) electrons. The van der Waals surface area contributed by atoms with Crippen LogP contribution in [0.3, 0.4) is 0 Å². The molecule has 8 heteroatoms. The van der Waals surface area contributed by atoms with E-state index < -0.39 is 36.2 Å². The van der Waals surface area contributed by atoms with Crippen LogP contribution in [0.25, 0.3) is 11.1 Å². The van der Waals surface area contributed by atoms with Crippen LogP contribution in [-0.2, 0) is 14.3 Å². The van der Waals surface area contributed by atoms with Crippen molar-refractivity contribution in [2.24, 2.45) is 5.92 Å². The van der Waals surface area contributed by atoms with E-state index in [1.807, 2.05) is 62.4 Å². The molecule has 2 aromatic rings. The fourth-order valence-corrected chi connectivity index (χ4v) is 4.13. The molecule has 1 aliphatic rings. The summed E-state index contributed by atoms with van der Waals surface area (Å²) in [6.07, 6.45) is -1.77. The molecule has 0 heterocycles. The normalized spacial score (nSPS) is 15.2. The van der Waals surface area contributed by atoms with Crippen molar-refractivity contribution >= 4 is 18.0 Å². The molecular weight excluding hydrogens is 424 g/mol. The Balaban J connectivity index is 1.67. The summed E-state index contributed by atoms with van der Waals surface area (Å²) < 4.78 is 5.51. The number of rotatable bonds is 9. The number of carboxylic acids is 1. The van der Waals surface area contributed by atoms with Gasteiger partial charge in [-0.3, -0.25) is 4.79 Å². The first kappa shape index (κ1) is 24.3. The number of nitrogens with one attached hydrogen (secondary N) is 2. The average molecular weight is 455 g/mol. The molecule has 8 nitrogen and oxygen atoms in total. The van der Waals surface area contributed by atoms with Gasteiger partial charge in [-0.15, -0.1) is 0 Å². The first-order chi connectivity index (χ1) is 15.7. The van der Waals surface area contributed by atoms with Gasteiger partial charge in [0.1, 0.15) is 12.6 Å². The summed E-state index contributed by atoms with van der Waals surface area (Å²) in [5.41, 5.74) is 4.36. The van der Waals surface area contributed by atoms with Crippen molar-refractivity contribution in [2.75, 3.05) is 6.61 Å². The number of carbonyl (C=O) groups is 3. The van der Waals surface area contributed by atoms with E-state index >= 15 is 0 Å². The molecule has 0 spiro atoms. The second-order valence-electron chi connectivity index (χ2n) is 8.72. The molecule has 0 saturated heterocycles. The van der Waals surface area contributed by atoms with Gasteiger partial charge >= 0.3 is 12.1 Å². The highest BCUT2D eigenvalue weighted by Gasteiger charge is 2.32. The maximum Gasteiger partial charge on any atom is 0.407 e. The molecule has 3 rings (SSSR count). The first-order valence-electron chi connectivity index (χ1n) is 11.0. The largest absolute Gasteiger partial charge is 0.480 e. The lowest BCUT2D eigenvalue weighted by Crippen LogP contribution is -2.55. The van der Waals surface area contributed by atoms with Gasteiger partial charge in [0, 0.05) is 5.92 Å². The number of aliphatic hydroxyl groups is 1. The first-order valence-corrected chi connectivity index (χ1v) is 11.0. The molecule has 0 aromatic heterocycles. The number of carbonyl (C=O) groups excluding carboxylic acids is 2. The van der Waals surface area contributed by atoms with Gasteiger partial charge in [-0.05, 0) is 41.5 Å². The molecule has 4 N–H and O–H groups in total. The minimum absolute atomic E-state index is 0.0458. The minimum Gasteiger partial charge on any atom is -0.480 e. The maximum absolute atomic E-state index is 12.7. The summed E-state index contributed by atoms with van der Waals surface area (Å²) in [4.78, 5) is 36.6. The number of ether oxygens (including phenoxy) is 1. The van der Waals surface area contributed by atoms with Gasteiger partial charge in [-0.25, -0.2) is 9.59 Å². The van der Waals surface area contributed by atoms with Gasteiger partial charge < -0.3 is 25.6 Å². The van der Waals surface area contributed by atoms with Crippen molar-refractivity contribution in [3.8, 4) is 11.1 Å². The van der Waals surface area contributed by atoms with E-state index in [2.05, 4.69) is 10.6 Å². The van der Waals surface area contributed by atoms with E-state index in [-0.39, 0.29) is 24.9 Å². The number of carboxylic acid groups (broad SMARTS) is 1. The third-order valence-corrected chi connectivity index (χ3v) is 5.71. The lowest BCUT2D eigenvalue weighted by molar-refractivity contribution is -0.145. The van der Waals surface area contributed by atoms with E-state index in [4.69, 9.17) is 4.74 Å². The number of fused-ring (bicyclic) bond motifs is 3. The van der Waals surface area contributed by atoms with Crippen LogP contribution in [0, 0.1) is 5.92 Å². The van der Waals surface area contributed by atoms with Crippen molar-refractivity contribution in [1.29, 1.82) is 0 Å². The zero-order chi connectivity index (χ0) is 24.1. The van der Waals surface area contributed by atoms with Crippen LogP contribution in [0.2, 0.25) is 0 Å². The number of hydrogen-bond acceptors (Lipinski definition) is 5. The van der Waals surface area contributed by atoms with Gasteiger partial charge in [-0.2, -0.15) is 0 Å². The third kappa shape index (κ3) is 5.70. The number of hydrogen-bond donors (Lipinski definition) is 4. The molecule has 2 amide bonds. The zero-order valence-corrected chi connectivity index (χ0v) is 18.9. The standard InChI is InChI=1S/C25H30N2O6/c1-14(2)12-21(23(29)27-22(15(3)28)24(30)31)26-25(32)33-13-20-18-10-6-4-8-16(18)17-9-5-7-11-19(17)20/h4-11,14-15,20-22,28H,12-13H2,1-3H3,(H,26,32)(H,27,29)(H,30,31)/t15?,21-,22?/m0/s1. The summed E-state index contributed by atoms with van der Waals surface area (Å²) >= 11 is 0. The Bertz CT molecular complexity index is 974. The molecule has 0 saturated carbocycles. The van der Waals surface area contributed by atoms with Crippen molar-refractivity contribution in [2.45, 2.75) is 51.3 Å². The fourth-order valence-electron chi connectivity index (χ4n) is 4.13. The Morgan fingerprint density at radius 2 is 1.48 bits per heavy atom. The van der Waals surface area contributed by atoms with Crippen molar-refractivity contribution in [3.05, 3.63) is 59.7 Å². The second-order valence-corrected chi connectivity index (χ2v) is 8.72. The van der Waals surface area contributed by atoms with Gasteiger partial charge in [0.2, 0.25) is 5.91 Å². The summed E-state index contributed by atoms with van der Waals surface area (Å²) in [5, 5.41) is 23.7. The van der Waals surface area contributed by atoms with Crippen LogP contribution < -0.4 is 10.6 Å². The molecule has 1 aliphatic carbocycles. The highest BCUT2D eigenvalue weighted by Crippen LogP contribution is 2.44. The van der Waals surface area contributed by atoms with Crippen molar-refractivity contribution < 1.29 is 29.3 Å².